The summed E-state index contributed by atoms with van der Waals surface area (Å²) in [6, 6.07) is 0. The Kier molecular flexibility index (Phi) is 7.97. The van der Waals surface area contributed by atoms with Crippen LogP contribution in [-0.4, -0.2) is 30.1 Å². The lowest BCUT2D eigenvalue weighted by Gasteiger charge is -2.28. The number of hydrogen-bond donors (Lipinski definition) is 0. The van der Waals surface area contributed by atoms with Crippen molar-refractivity contribution in [2.24, 2.45) is 0 Å². The number of ether oxygens (including phenoxy) is 1. The van der Waals surface area contributed by atoms with Gasteiger partial charge in [-0.05, 0) is 20.3 Å². The quantitative estimate of drug-likeness (QED) is 0.542. The molecule has 1 unspecified atom stereocenters. The molecule has 0 fully saturated rings. The first-order chi connectivity index (χ1) is 12.0. The van der Waals surface area contributed by atoms with Crippen molar-refractivity contribution in [2.75, 3.05) is 6.61 Å². The van der Waals surface area contributed by atoms with E-state index in [1.54, 1.807) is 19.1 Å². The van der Waals surface area contributed by atoms with Gasteiger partial charge >= 0.3 is 0 Å². The molecule has 1 radical (unpaired) electrons. The minimum absolute atomic E-state index is 0. The van der Waals surface area contributed by atoms with Gasteiger partial charge in [0.25, 0.3) is 0 Å². The maximum Gasteiger partial charge on any atom is 0.192 e. The molecule has 25 heavy (non-hydrogen) atoms. The number of hydrogen-bond acceptors (Lipinski definition) is 4. The Labute approximate surface area is 150 Å². The Morgan fingerprint density at radius 3 is 2.12 bits per heavy atom. The highest BCUT2D eigenvalue weighted by Gasteiger charge is 2.37. The first kappa shape index (κ1) is 20.5. The van der Waals surface area contributed by atoms with Crippen molar-refractivity contribution in [2.45, 2.75) is 46.6 Å². The molecule has 4 heteroatoms. The summed E-state index contributed by atoms with van der Waals surface area (Å²) in [4.78, 5) is 36.4. The highest BCUT2D eigenvalue weighted by atomic mass is 16.5. The predicted octanol–water partition coefficient (Wildman–Crippen LogP) is 3.40. The smallest absolute Gasteiger partial charge is 0.192 e. The molecule has 0 aromatic heterocycles. The summed E-state index contributed by atoms with van der Waals surface area (Å²) in [5.74, 6) is 1.83. The zero-order valence-corrected chi connectivity index (χ0v) is 15.2. The highest BCUT2D eigenvalue weighted by molar-refractivity contribution is 6.27. The third-order valence-corrected chi connectivity index (χ3v) is 3.80. The van der Waals surface area contributed by atoms with E-state index < -0.39 is 6.10 Å². The van der Waals surface area contributed by atoms with Crippen LogP contribution >= 0.6 is 0 Å². The Morgan fingerprint density at radius 2 is 1.64 bits per heavy atom. The molecule has 0 spiro atoms. The Hall–Kier alpha value is -2.51. The van der Waals surface area contributed by atoms with Crippen molar-refractivity contribution in [1.82, 2.24) is 0 Å². The minimum atomic E-state index is -0.613. The molecule has 3 aliphatic rings. The van der Waals surface area contributed by atoms with Crippen molar-refractivity contribution in [3.8, 4) is 12.3 Å². The number of ketones is 3. The Balaban J connectivity index is 0.000000949. The van der Waals surface area contributed by atoms with Crippen molar-refractivity contribution in [1.29, 1.82) is 0 Å². The van der Waals surface area contributed by atoms with Crippen LogP contribution in [-0.2, 0) is 19.1 Å². The van der Waals surface area contributed by atoms with Crippen LogP contribution in [0.2, 0.25) is 0 Å². The van der Waals surface area contributed by atoms with Gasteiger partial charge in [0, 0.05) is 30.1 Å². The van der Waals surface area contributed by atoms with Crippen LogP contribution in [0.5, 0.6) is 0 Å². The number of carbonyl (C=O) groups is 3. The standard InChI is InChI=1S/C16H14O4.C3H4.C2H6.H/c1-9(17)14-7-12-13(8-20-14)16(19)11-6-4-2-3-5-10(11)15(12)18;1-3-2;1-2;/h3-6,14H,2,7-8H2,1H3;1H,2H3;1-2H3;. The first-order valence-electron chi connectivity index (χ1n) is 8.39. The largest absolute Gasteiger partial charge is 0.365 e. The molecule has 0 aromatic carbocycles. The molecule has 3 rings (SSSR count). The molecule has 0 aromatic rings. The minimum Gasteiger partial charge on any atom is -0.365 e. The molecule has 0 N–H and O–H groups in total. The van der Waals surface area contributed by atoms with Gasteiger partial charge in [-0.15, -0.1) is 12.3 Å². The van der Waals surface area contributed by atoms with E-state index in [0.29, 0.717) is 28.7 Å². The van der Waals surface area contributed by atoms with E-state index in [2.05, 4.69) is 12.3 Å². The molecule has 1 atom stereocenters. The second-order valence-corrected chi connectivity index (χ2v) is 5.39. The van der Waals surface area contributed by atoms with Gasteiger partial charge in [0.1, 0.15) is 6.10 Å². The molecule has 0 saturated heterocycles. The molecule has 1 heterocycles. The van der Waals surface area contributed by atoms with Gasteiger partial charge in [0.05, 0.1) is 6.61 Å². The molecule has 0 bridgehead atoms. The normalized spacial score (nSPS) is 21.0. The summed E-state index contributed by atoms with van der Waals surface area (Å²) in [6.07, 6.45) is 12.0. The molecule has 0 amide bonds. The van der Waals surface area contributed by atoms with E-state index in [1.807, 2.05) is 26.0 Å². The summed E-state index contributed by atoms with van der Waals surface area (Å²) in [5.41, 5.74) is 1.73. The average molecular weight is 341 g/mol. The number of terminal acetylenes is 1. The molecule has 4 nitrogen and oxygen atoms in total. The monoisotopic (exact) mass is 341 g/mol. The van der Waals surface area contributed by atoms with Gasteiger partial charge in [-0.3, -0.25) is 14.4 Å². The third kappa shape index (κ3) is 4.52. The predicted molar refractivity (Wildman–Crippen MR) is 99.0 cm³/mol. The van der Waals surface area contributed by atoms with Crippen LogP contribution < -0.4 is 0 Å². The van der Waals surface area contributed by atoms with Gasteiger partial charge in [0.15, 0.2) is 17.3 Å². The summed E-state index contributed by atoms with van der Waals surface area (Å²) in [5, 5.41) is 0. The second kappa shape index (κ2) is 9.71. The van der Waals surface area contributed by atoms with Crippen LogP contribution in [0.25, 0.3) is 0 Å². The van der Waals surface area contributed by atoms with E-state index in [-0.39, 0.29) is 31.8 Å². The van der Waals surface area contributed by atoms with E-state index in [4.69, 9.17) is 4.74 Å². The summed E-state index contributed by atoms with van der Waals surface area (Å²) in [7, 11) is 0. The van der Waals surface area contributed by atoms with Crippen LogP contribution in [0.3, 0.4) is 0 Å². The fourth-order valence-corrected chi connectivity index (χ4v) is 2.68. The molecule has 1 aliphatic heterocycles. The van der Waals surface area contributed by atoms with Crippen molar-refractivity contribution in [3.63, 3.8) is 0 Å². The zero-order valence-electron chi connectivity index (χ0n) is 16.2. The van der Waals surface area contributed by atoms with Gasteiger partial charge < -0.3 is 4.74 Å². The zero-order chi connectivity index (χ0) is 19.0. The Bertz CT molecular complexity index is 730. The second-order valence-electron chi connectivity index (χ2n) is 5.39. The third-order valence-electron chi connectivity index (χ3n) is 3.80. The van der Waals surface area contributed by atoms with E-state index in [0.717, 1.165) is 0 Å². The fraction of sp³-hybridized carbons (Fsp3) is 0.381. The number of rotatable bonds is 1. The molecule has 0 saturated carbocycles. The van der Waals surface area contributed by atoms with Gasteiger partial charge in [-0.2, -0.15) is 0 Å². The molecule has 2 aliphatic carbocycles. The summed E-state index contributed by atoms with van der Waals surface area (Å²) in [6.45, 7) is 7.13. The van der Waals surface area contributed by atoms with Crippen LogP contribution in [0.4, 0.5) is 0 Å². The lowest BCUT2D eigenvalue weighted by molar-refractivity contribution is -0.130. The maximum atomic E-state index is 12.5. The van der Waals surface area contributed by atoms with Crippen molar-refractivity contribution < 1.29 is 20.5 Å². The molecule has 133 valence electrons. The number of allylic oxidation sites excluding steroid dienone is 6. The molecular weight excluding hydrogens is 316 g/mol. The van der Waals surface area contributed by atoms with Gasteiger partial charge in [-0.1, -0.05) is 38.2 Å². The van der Waals surface area contributed by atoms with E-state index in [9.17, 15) is 14.4 Å². The van der Waals surface area contributed by atoms with Crippen LogP contribution in [0, 0.1) is 12.3 Å². The van der Waals surface area contributed by atoms with Crippen LogP contribution in [0.1, 0.15) is 42.0 Å². The lowest BCUT2D eigenvalue weighted by Crippen LogP contribution is -2.35. The van der Waals surface area contributed by atoms with Crippen LogP contribution in [0.15, 0.2) is 46.6 Å². The maximum absolute atomic E-state index is 12.5. The molecular formula is C21H25O4. The SMILES string of the molecule is C#CC.CC.CC(=O)C1CC2=C(CO1)C(=O)C1=C(C=CCC=C1)C2=O.[H]. The number of Topliss-reactive ketones (excluding diaryl/α,β-unsaturated/α-hetero) is 3. The Morgan fingerprint density at radius 1 is 1.16 bits per heavy atom. The van der Waals surface area contributed by atoms with Gasteiger partial charge in [0.2, 0.25) is 0 Å². The number of carbonyl (C=O) groups excluding carboxylic acids is 3. The van der Waals surface area contributed by atoms with E-state index in [1.165, 1.54) is 6.92 Å². The highest BCUT2D eigenvalue weighted by Crippen LogP contribution is 2.33. The van der Waals surface area contributed by atoms with Crippen molar-refractivity contribution in [3.05, 3.63) is 46.6 Å². The van der Waals surface area contributed by atoms with E-state index >= 15 is 0 Å². The topological polar surface area (TPSA) is 60.4 Å². The summed E-state index contributed by atoms with van der Waals surface area (Å²) >= 11 is 0. The summed E-state index contributed by atoms with van der Waals surface area (Å²) < 4.78 is 5.39. The first-order valence-corrected chi connectivity index (χ1v) is 8.39. The van der Waals surface area contributed by atoms with Gasteiger partial charge in [-0.25, -0.2) is 0 Å². The average Bonchev–Trinajstić information content (AvgIpc) is 2.88. The fourth-order valence-electron chi connectivity index (χ4n) is 2.68. The van der Waals surface area contributed by atoms with Crippen molar-refractivity contribution >= 4 is 17.3 Å². The lowest BCUT2D eigenvalue weighted by atomic mass is 9.80.